The fraction of sp³-hybridized carbons (Fsp3) is 0.632. The molecule has 164 valence electrons. The van der Waals surface area contributed by atoms with Crippen molar-refractivity contribution in [1.29, 1.82) is 0 Å². The number of hydrogen-bond donors (Lipinski definition) is 1. The Kier molecular flexibility index (Phi) is 7.83. The zero-order valence-electron chi connectivity index (χ0n) is 17.5. The van der Waals surface area contributed by atoms with Crippen molar-refractivity contribution < 1.29 is 21.6 Å². The highest BCUT2D eigenvalue weighted by atomic mass is 32.2. The Morgan fingerprint density at radius 2 is 1.83 bits per heavy atom. The summed E-state index contributed by atoms with van der Waals surface area (Å²) in [5.41, 5.74) is 0.884. The lowest BCUT2D eigenvalue weighted by Crippen LogP contribution is -2.49. The summed E-state index contributed by atoms with van der Waals surface area (Å²) >= 11 is 0. The second-order valence-corrected chi connectivity index (χ2v) is 11.1. The Morgan fingerprint density at radius 3 is 2.41 bits per heavy atom. The zero-order valence-corrected chi connectivity index (χ0v) is 19.1. The van der Waals surface area contributed by atoms with Crippen molar-refractivity contribution in [2.24, 2.45) is 0 Å². The van der Waals surface area contributed by atoms with Crippen molar-refractivity contribution in [3.63, 3.8) is 0 Å². The van der Waals surface area contributed by atoms with Crippen LogP contribution in [0, 0.1) is 6.92 Å². The van der Waals surface area contributed by atoms with Gasteiger partial charge in [-0.05, 0) is 43.9 Å². The Balaban J connectivity index is 2.34. The van der Waals surface area contributed by atoms with Crippen molar-refractivity contribution in [1.82, 2.24) is 13.9 Å². The van der Waals surface area contributed by atoms with Gasteiger partial charge in [-0.15, -0.1) is 0 Å². The molecule has 1 unspecified atom stereocenters. The average molecular weight is 446 g/mol. The topological polar surface area (TPSA) is 104 Å². The van der Waals surface area contributed by atoms with E-state index in [4.69, 9.17) is 0 Å². The molecule has 0 aliphatic carbocycles. The van der Waals surface area contributed by atoms with E-state index in [0.717, 1.165) is 19.1 Å². The first-order valence-corrected chi connectivity index (χ1v) is 13.2. The molecule has 0 bridgehead atoms. The number of amides is 1. The summed E-state index contributed by atoms with van der Waals surface area (Å²) < 4.78 is 52.7. The summed E-state index contributed by atoms with van der Waals surface area (Å²) in [4.78, 5) is 15.0. The van der Waals surface area contributed by atoms with Crippen LogP contribution >= 0.6 is 0 Å². The van der Waals surface area contributed by atoms with Crippen molar-refractivity contribution in [3.8, 4) is 0 Å². The Bertz CT molecular complexity index is 941. The largest absolute Gasteiger partial charge is 0.334 e. The van der Waals surface area contributed by atoms with E-state index in [1.54, 1.807) is 37.8 Å². The number of nitrogens with zero attached hydrogens (tertiary/aromatic N) is 2. The van der Waals surface area contributed by atoms with Gasteiger partial charge in [0.05, 0.1) is 11.2 Å². The number of hydrogen-bond acceptors (Lipinski definition) is 5. The Hall–Kier alpha value is -1.49. The third kappa shape index (κ3) is 5.78. The second kappa shape index (κ2) is 9.55. The molecule has 10 heteroatoms. The molecule has 2 rings (SSSR count). The van der Waals surface area contributed by atoms with Gasteiger partial charge in [-0.2, -0.15) is 4.31 Å². The molecule has 1 heterocycles. The Labute approximate surface area is 174 Å². The maximum absolute atomic E-state index is 13.2. The molecule has 1 aromatic carbocycles. The van der Waals surface area contributed by atoms with E-state index in [2.05, 4.69) is 4.72 Å². The molecule has 0 spiro atoms. The molecule has 1 aliphatic rings. The van der Waals surface area contributed by atoms with Crippen molar-refractivity contribution >= 4 is 26.0 Å². The molecule has 1 N–H and O–H groups in total. The number of carbonyl (C=O) groups is 1. The van der Waals surface area contributed by atoms with Gasteiger partial charge in [-0.3, -0.25) is 4.79 Å². The van der Waals surface area contributed by atoms with E-state index in [0.29, 0.717) is 37.2 Å². The van der Waals surface area contributed by atoms with Gasteiger partial charge in [0.2, 0.25) is 20.0 Å². The van der Waals surface area contributed by atoms with Crippen LogP contribution in [-0.2, 0) is 20.0 Å². The van der Waals surface area contributed by atoms with E-state index < -0.39 is 20.0 Å². The van der Waals surface area contributed by atoms with Crippen LogP contribution in [0.2, 0.25) is 0 Å². The predicted molar refractivity (Wildman–Crippen MR) is 113 cm³/mol. The summed E-state index contributed by atoms with van der Waals surface area (Å²) in [7, 11) is -7.05. The lowest BCUT2D eigenvalue weighted by molar-refractivity contribution is 0.0618. The van der Waals surface area contributed by atoms with Crippen molar-refractivity contribution in [2.45, 2.75) is 51.0 Å². The van der Waals surface area contributed by atoms with Gasteiger partial charge in [0.15, 0.2) is 0 Å². The van der Waals surface area contributed by atoms with Crippen LogP contribution in [0.25, 0.3) is 0 Å². The van der Waals surface area contributed by atoms with Crippen LogP contribution in [-0.4, -0.2) is 70.4 Å². The quantitative estimate of drug-likeness (QED) is 0.654. The maximum Gasteiger partial charge on any atom is 0.254 e. The summed E-state index contributed by atoms with van der Waals surface area (Å²) in [6.07, 6.45) is 3.53. The third-order valence-electron chi connectivity index (χ3n) is 5.23. The molecule has 1 saturated heterocycles. The molecular weight excluding hydrogens is 414 g/mol. The molecule has 8 nitrogen and oxygen atoms in total. The van der Waals surface area contributed by atoms with Gasteiger partial charge in [0.25, 0.3) is 5.91 Å². The number of likely N-dealkylation sites (tertiary alicyclic amines) is 1. The van der Waals surface area contributed by atoms with Gasteiger partial charge in [0, 0.05) is 37.8 Å². The molecule has 29 heavy (non-hydrogen) atoms. The van der Waals surface area contributed by atoms with Crippen LogP contribution in [0.15, 0.2) is 23.1 Å². The monoisotopic (exact) mass is 445 g/mol. The molecule has 1 amide bonds. The minimum absolute atomic E-state index is 0.134. The first-order chi connectivity index (χ1) is 13.5. The average Bonchev–Trinajstić information content (AvgIpc) is 2.66. The molecule has 0 aromatic heterocycles. The van der Waals surface area contributed by atoms with Crippen molar-refractivity contribution in [3.05, 3.63) is 29.3 Å². The first-order valence-electron chi connectivity index (χ1n) is 9.87. The number of rotatable bonds is 8. The number of piperidine rings is 1. The molecule has 0 saturated carbocycles. The molecule has 0 radical (unpaired) electrons. The van der Waals surface area contributed by atoms with Crippen LogP contribution in [0.5, 0.6) is 0 Å². The van der Waals surface area contributed by atoms with Gasteiger partial charge in [0.1, 0.15) is 0 Å². The zero-order chi connectivity index (χ0) is 21.8. The molecule has 1 aromatic rings. The van der Waals surface area contributed by atoms with Crippen LogP contribution in [0.1, 0.15) is 49.0 Å². The van der Waals surface area contributed by atoms with Gasteiger partial charge in [-0.1, -0.05) is 19.9 Å². The summed E-state index contributed by atoms with van der Waals surface area (Å²) in [5, 5.41) is 0. The fourth-order valence-corrected chi connectivity index (χ4v) is 5.81. The highest BCUT2D eigenvalue weighted by Gasteiger charge is 2.30. The standard InChI is InChI=1S/C19H31N3O5S2/c1-5-21(6-2)29(26,27)18-13-16(11-10-15(18)3)19(23)22-12-8-7-9-17(22)14-20-28(4,24)25/h10-11,13,17,20H,5-9,12,14H2,1-4H3. The highest BCUT2D eigenvalue weighted by Crippen LogP contribution is 2.24. The van der Waals surface area contributed by atoms with E-state index in [9.17, 15) is 21.6 Å². The smallest absolute Gasteiger partial charge is 0.254 e. The molecule has 1 aliphatic heterocycles. The summed E-state index contributed by atoms with van der Waals surface area (Å²) in [5.74, 6) is -0.277. The van der Waals surface area contributed by atoms with Gasteiger partial charge >= 0.3 is 0 Å². The minimum Gasteiger partial charge on any atom is -0.334 e. The van der Waals surface area contributed by atoms with E-state index in [1.165, 1.54) is 10.4 Å². The Morgan fingerprint density at radius 1 is 1.17 bits per heavy atom. The number of nitrogens with one attached hydrogen (secondary N) is 1. The lowest BCUT2D eigenvalue weighted by Gasteiger charge is -2.36. The fourth-order valence-electron chi connectivity index (χ4n) is 3.61. The highest BCUT2D eigenvalue weighted by molar-refractivity contribution is 7.89. The summed E-state index contributed by atoms with van der Waals surface area (Å²) in [6, 6.07) is 4.47. The van der Waals surface area contributed by atoms with E-state index in [-0.39, 0.29) is 23.4 Å². The van der Waals surface area contributed by atoms with Gasteiger partial charge in [-0.25, -0.2) is 21.6 Å². The SMILES string of the molecule is CCN(CC)S(=O)(=O)c1cc(C(=O)N2CCCCC2CNS(C)(=O)=O)ccc1C. The van der Waals surface area contributed by atoms with Crippen molar-refractivity contribution in [2.75, 3.05) is 32.4 Å². The van der Waals surface area contributed by atoms with Crippen LogP contribution in [0.3, 0.4) is 0 Å². The number of benzene rings is 1. The predicted octanol–water partition coefficient (Wildman–Crippen LogP) is 1.57. The maximum atomic E-state index is 13.2. The minimum atomic E-state index is -3.69. The number of aryl methyl sites for hydroxylation is 1. The van der Waals surface area contributed by atoms with Crippen LogP contribution < -0.4 is 4.72 Å². The number of sulfonamides is 2. The normalized spacial score (nSPS) is 18.2. The molecular formula is C19H31N3O5S2. The molecule has 1 atom stereocenters. The summed E-state index contributed by atoms with van der Waals surface area (Å²) in [6.45, 7) is 6.63. The van der Waals surface area contributed by atoms with Gasteiger partial charge < -0.3 is 4.90 Å². The van der Waals surface area contributed by atoms with E-state index in [1.807, 2.05) is 0 Å². The lowest BCUT2D eigenvalue weighted by atomic mass is 10.0. The third-order valence-corrected chi connectivity index (χ3v) is 8.11. The molecule has 1 fully saturated rings. The van der Waals surface area contributed by atoms with E-state index >= 15 is 0 Å². The second-order valence-electron chi connectivity index (χ2n) is 7.34. The van der Waals surface area contributed by atoms with Crippen LogP contribution in [0.4, 0.5) is 0 Å². The number of carbonyl (C=O) groups excluding carboxylic acids is 1. The first kappa shape index (κ1) is 23.8.